The average molecular weight is 372 g/mol. The first kappa shape index (κ1) is 14.5. The van der Waals surface area contributed by atoms with Gasteiger partial charge < -0.3 is 0 Å². The van der Waals surface area contributed by atoms with Gasteiger partial charge in [-0.25, -0.2) is 13.8 Å². The van der Waals surface area contributed by atoms with Crippen molar-refractivity contribution < 1.29 is 8.78 Å². The number of hydrogen-bond acceptors (Lipinski definition) is 1. The van der Waals surface area contributed by atoms with Crippen LogP contribution in [-0.2, 0) is 0 Å². The molecule has 2 aromatic carbocycles. The highest BCUT2D eigenvalue weighted by Crippen LogP contribution is 2.30. The van der Waals surface area contributed by atoms with E-state index in [2.05, 4.69) is 20.9 Å². The van der Waals surface area contributed by atoms with Gasteiger partial charge in [-0.3, -0.25) is 4.57 Å². The third-order valence-corrected chi connectivity index (χ3v) is 3.85. The van der Waals surface area contributed by atoms with E-state index in [0.29, 0.717) is 11.5 Å². The second kappa shape index (κ2) is 5.39. The Morgan fingerprint density at radius 2 is 1.90 bits per heavy atom. The Balaban J connectivity index is 2.33. The molecule has 1 unspecified atom stereocenters. The second-order valence-electron chi connectivity index (χ2n) is 4.65. The summed E-state index contributed by atoms with van der Waals surface area (Å²) in [7, 11) is 0. The summed E-state index contributed by atoms with van der Waals surface area (Å²) in [5, 5.41) is -0.371. The van der Waals surface area contributed by atoms with Gasteiger partial charge in [0.05, 0.1) is 22.1 Å². The molecular weight excluding hydrogens is 362 g/mol. The van der Waals surface area contributed by atoms with Gasteiger partial charge >= 0.3 is 0 Å². The summed E-state index contributed by atoms with van der Waals surface area (Å²) in [6, 6.07) is 9.32. The monoisotopic (exact) mass is 370 g/mol. The first-order valence-electron chi connectivity index (χ1n) is 6.25. The topological polar surface area (TPSA) is 17.8 Å². The fourth-order valence-electron chi connectivity index (χ4n) is 2.23. The third kappa shape index (κ3) is 2.56. The van der Waals surface area contributed by atoms with Crippen LogP contribution in [0.1, 0.15) is 18.1 Å². The van der Waals surface area contributed by atoms with E-state index in [9.17, 15) is 8.78 Å². The van der Waals surface area contributed by atoms with Crippen molar-refractivity contribution in [3.63, 3.8) is 0 Å². The minimum absolute atomic E-state index is 0.371. The molecule has 0 saturated heterocycles. The number of hydrogen-bond donors (Lipinski definition) is 0. The number of rotatable bonds is 2. The van der Waals surface area contributed by atoms with Crippen LogP contribution in [-0.4, -0.2) is 9.55 Å². The van der Waals surface area contributed by atoms with Gasteiger partial charge in [0, 0.05) is 10.5 Å². The predicted molar refractivity (Wildman–Crippen MR) is 83.0 cm³/mol. The summed E-state index contributed by atoms with van der Waals surface area (Å²) >= 11 is 9.57. The van der Waals surface area contributed by atoms with Gasteiger partial charge in [-0.15, -0.1) is 11.6 Å². The SMILES string of the molecule is CC(Cl)c1nc2cc(Br)ccc2n1-c1ccc(F)c(F)c1. The summed E-state index contributed by atoms with van der Waals surface area (Å²) < 4.78 is 29.3. The van der Waals surface area contributed by atoms with Crippen molar-refractivity contribution >= 4 is 38.6 Å². The Bertz CT molecular complexity index is 830. The van der Waals surface area contributed by atoms with Crippen LogP contribution in [0.25, 0.3) is 16.7 Å². The maximum Gasteiger partial charge on any atom is 0.160 e. The highest BCUT2D eigenvalue weighted by molar-refractivity contribution is 9.10. The Hall–Kier alpha value is -1.46. The lowest BCUT2D eigenvalue weighted by molar-refractivity contribution is 0.508. The first-order valence-corrected chi connectivity index (χ1v) is 7.47. The molecule has 0 N–H and O–H groups in total. The maximum atomic E-state index is 13.5. The zero-order chi connectivity index (χ0) is 15.1. The minimum atomic E-state index is -0.903. The van der Waals surface area contributed by atoms with Gasteiger partial charge in [-0.05, 0) is 37.3 Å². The van der Waals surface area contributed by atoms with Gasteiger partial charge in [0.1, 0.15) is 5.82 Å². The molecule has 1 aromatic heterocycles. The van der Waals surface area contributed by atoms with Crippen LogP contribution < -0.4 is 0 Å². The average Bonchev–Trinajstić information content (AvgIpc) is 2.80. The van der Waals surface area contributed by atoms with E-state index in [1.165, 1.54) is 6.07 Å². The molecule has 0 aliphatic rings. The van der Waals surface area contributed by atoms with Crippen molar-refractivity contribution in [1.29, 1.82) is 0 Å². The molecule has 1 atom stereocenters. The van der Waals surface area contributed by atoms with Gasteiger partial charge in [0.15, 0.2) is 11.6 Å². The minimum Gasteiger partial charge on any atom is -0.295 e. The molecule has 0 aliphatic heterocycles. The van der Waals surface area contributed by atoms with E-state index in [0.717, 1.165) is 27.6 Å². The van der Waals surface area contributed by atoms with Crippen molar-refractivity contribution in [2.45, 2.75) is 12.3 Å². The normalized spacial score (nSPS) is 12.8. The molecule has 0 bridgehead atoms. The molecule has 2 nitrogen and oxygen atoms in total. The molecule has 0 amide bonds. The highest BCUT2D eigenvalue weighted by atomic mass is 79.9. The van der Waals surface area contributed by atoms with Gasteiger partial charge in [0.25, 0.3) is 0 Å². The van der Waals surface area contributed by atoms with Crippen molar-refractivity contribution in [3.05, 3.63) is 58.3 Å². The van der Waals surface area contributed by atoms with E-state index in [4.69, 9.17) is 11.6 Å². The second-order valence-corrected chi connectivity index (χ2v) is 6.22. The molecule has 0 aliphatic carbocycles. The molecule has 21 heavy (non-hydrogen) atoms. The molecule has 0 saturated carbocycles. The van der Waals surface area contributed by atoms with Crippen molar-refractivity contribution in [1.82, 2.24) is 9.55 Å². The lowest BCUT2D eigenvalue weighted by atomic mass is 10.2. The molecular formula is C15H10BrClF2N2. The van der Waals surface area contributed by atoms with E-state index >= 15 is 0 Å². The zero-order valence-electron chi connectivity index (χ0n) is 10.9. The van der Waals surface area contributed by atoms with Crippen LogP contribution in [0.15, 0.2) is 40.9 Å². The van der Waals surface area contributed by atoms with E-state index in [1.54, 1.807) is 11.5 Å². The Morgan fingerprint density at radius 3 is 2.57 bits per heavy atom. The molecule has 6 heteroatoms. The van der Waals surface area contributed by atoms with E-state index < -0.39 is 11.6 Å². The van der Waals surface area contributed by atoms with E-state index in [-0.39, 0.29) is 5.38 Å². The number of halogens is 4. The molecule has 0 fully saturated rings. The van der Waals surface area contributed by atoms with Crippen LogP contribution in [0.5, 0.6) is 0 Å². The largest absolute Gasteiger partial charge is 0.295 e. The smallest absolute Gasteiger partial charge is 0.160 e. The first-order chi connectivity index (χ1) is 9.97. The Kier molecular flexibility index (Phi) is 3.71. The number of alkyl halides is 1. The van der Waals surface area contributed by atoms with Crippen molar-refractivity contribution in [3.8, 4) is 5.69 Å². The number of nitrogens with zero attached hydrogens (tertiary/aromatic N) is 2. The fourth-order valence-corrected chi connectivity index (χ4v) is 2.73. The van der Waals surface area contributed by atoms with Crippen molar-refractivity contribution in [2.75, 3.05) is 0 Å². The number of aromatic nitrogens is 2. The van der Waals surface area contributed by atoms with Crippen LogP contribution >= 0.6 is 27.5 Å². The van der Waals surface area contributed by atoms with Crippen molar-refractivity contribution in [2.24, 2.45) is 0 Å². The standard InChI is InChI=1S/C15H10BrClF2N2/c1-8(17)15-20-13-6-9(16)2-5-14(13)21(15)10-3-4-11(18)12(19)7-10/h2-8H,1H3. The Labute approximate surface area is 133 Å². The van der Waals surface area contributed by atoms with Crippen LogP contribution in [0.4, 0.5) is 8.78 Å². The van der Waals surface area contributed by atoms with E-state index in [1.807, 2.05) is 18.2 Å². The summed E-state index contributed by atoms with van der Waals surface area (Å²) in [5.74, 6) is -1.21. The summed E-state index contributed by atoms with van der Waals surface area (Å²) in [6.45, 7) is 1.79. The third-order valence-electron chi connectivity index (χ3n) is 3.16. The molecule has 3 aromatic rings. The number of benzene rings is 2. The van der Waals surface area contributed by atoms with Gasteiger partial charge in [0.2, 0.25) is 0 Å². The van der Waals surface area contributed by atoms with Crippen LogP contribution in [0.2, 0.25) is 0 Å². The quantitative estimate of drug-likeness (QED) is 0.554. The van der Waals surface area contributed by atoms with Crippen LogP contribution in [0.3, 0.4) is 0 Å². The summed E-state index contributed by atoms with van der Waals surface area (Å²) in [5.41, 5.74) is 2.00. The lowest BCUT2D eigenvalue weighted by Crippen LogP contribution is -2.02. The molecule has 1 heterocycles. The molecule has 108 valence electrons. The highest BCUT2D eigenvalue weighted by Gasteiger charge is 2.17. The summed E-state index contributed by atoms with van der Waals surface area (Å²) in [6.07, 6.45) is 0. The number of imidazole rings is 1. The van der Waals surface area contributed by atoms with Crippen LogP contribution in [0, 0.1) is 11.6 Å². The van der Waals surface area contributed by atoms with Gasteiger partial charge in [-0.1, -0.05) is 15.9 Å². The molecule has 0 radical (unpaired) electrons. The van der Waals surface area contributed by atoms with Gasteiger partial charge in [-0.2, -0.15) is 0 Å². The lowest BCUT2D eigenvalue weighted by Gasteiger charge is -2.11. The molecule has 3 rings (SSSR count). The number of fused-ring (bicyclic) bond motifs is 1. The maximum absolute atomic E-state index is 13.5. The fraction of sp³-hybridized carbons (Fsp3) is 0.133. The predicted octanol–water partition coefficient (Wildman–Crippen LogP) is 5.37. The zero-order valence-corrected chi connectivity index (χ0v) is 13.3. The Morgan fingerprint density at radius 1 is 1.14 bits per heavy atom. The summed E-state index contributed by atoms with van der Waals surface area (Å²) in [4.78, 5) is 4.49. The molecule has 0 spiro atoms.